The molecule has 1 amide bonds. The molecule has 0 bridgehead atoms. The van der Waals surface area contributed by atoms with Crippen LogP contribution in [-0.2, 0) is 6.54 Å². The van der Waals surface area contributed by atoms with E-state index >= 15 is 0 Å². The minimum absolute atomic E-state index is 0.163. The van der Waals surface area contributed by atoms with Gasteiger partial charge in [0.1, 0.15) is 5.76 Å². The van der Waals surface area contributed by atoms with Crippen LogP contribution in [0.4, 0.5) is 5.69 Å². The minimum atomic E-state index is -0.163. The lowest BCUT2D eigenvalue weighted by Gasteiger charge is -2.16. The summed E-state index contributed by atoms with van der Waals surface area (Å²) >= 11 is 0. The number of carbonyl (C=O) groups is 1. The van der Waals surface area contributed by atoms with Gasteiger partial charge in [-0.3, -0.25) is 4.79 Å². The number of aryl methyl sites for hydroxylation is 1. The van der Waals surface area contributed by atoms with Gasteiger partial charge in [0.25, 0.3) is 5.91 Å². The molecule has 0 fully saturated rings. The van der Waals surface area contributed by atoms with Crippen molar-refractivity contribution in [1.82, 2.24) is 0 Å². The number of hydrogen-bond donors (Lipinski definition) is 1. The molecule has 2 aromatic rings. The van der Waals surface area contributed by atoms with Gasteiger partial charge in [-0.1, -0.05) is 12.1 Å². The Bertz CT molecular complexity index is 543. The predicted octanol–water partition coefficient (Wildman–Crippen LogP) is 2.32. The van der Waals surface area contributed by atoms with Crippen LogP contribution < -0.4 is 10.6 Å². The first kappa shape index (κ1) is 12.4. The van der Waals surface area contributed by atoms with Crippen molar-refractivity contribution in [2.45, 2.75) is 13.5 Å². The van der Waals surface area contributed by atoms with Crippen molar-refractivity contribution < 1.29 is 9.21 Å². The Morgan fingerprint density at radius 2 is 1.89 bits per heavy atom. The van der Waals surface area contributed by atoms with Crippen molar-refractivity contribution in [1.29, 1.82) is 0 Å². The molecular weight excluding hydrogens is 228 g/mol. The number of amides is 1. The predicted molar refractivity (Wildman–Crippen MR) is 70.5 cm³/mol. The zero-order valence-electron chi connectivity index (χ0n) is 10.5. The first-order valence-corrected chi connectivity index (χ1v) is 5.75. The van der Waals surface area contributed by atoms with E-state index in [0.717, 1.165) is 17.0 Å². The summed E-state index contributed by atoms with van der Waals surface area (Å²) in [6.07, 6.45) is 0. The van der Waals surface area contributed by atoms with E-state index in [1.54, 1.807) is 24.1 Å². The number of benzene rings is 1. The number of furan rings is 1. The summed E-state index contributed by atoms with van der Waals surface area (Å²) in [7, 11) is 1.72. The van der Waals surface area contributed by atoms with E-state index in [9.17, 15) is 4.79 Å². The molecule has 0 radical (unpaired) electrons. The van der Waals surface area contributed by atoms with Crippen molar-refractivity contribution >= 4 is 11.6 Å². The summed E-state index contributed by atoms with van der Waals surface area (Å²) in [5, 5.41) is 0. The number of hydrogen-bond acceptors (Lipinski definition) is 3. The normalized spacial score (nSPS) is 10.4. The highest BCUT2D eigenvalue weighted by atomic mass is 16.3. The summed E-state index contributed by atoms with van der Waals surface area (Å²) in [4.78, 5) is 13.7. The number of nitrogens with zero attached hydrogens (tertiary/aromatic N) is 1. The largest absolute Gasteiger partial charge is 0.456 e. The maximum Gasteiger partial charge on any atom is 0.293 e. The molecular formula is C14H16N2O2. The molecule has 0 atom stereocenters. The highest BCUT2D eigenvalue weighted by Crippen LogP contribution is 2.17. The zero-order chi connectivity index (χ0) is 13.1. The molecule has 0 aliphatic carbocycles. The maximum atomic E-state index is 12.1. The SMILES string of the molecule is Cc1ccc(C(=O)N(C)c2ccc(CN)cc2)o1. The summed E-state index contributed by atoms with van der Waals surface area (Å²) in [6.45, 7) is 2.31. The quantitative estimate of drug-likeness (QED) is 0.901. The lowest BCUT2D eigenvalue weighted by atomic mass is 10.2. The first-order valence-electron chi connectivity index (χ1n) is 5.75. The van der Waals surface area contributed by atoms with Crippen molar-refractivity contribution in [3.63, 3.8) is 0 Å². The number of anilines is 1. The van der Waals surface area contributed by atoms with E-state index in [2.05, 4.69) is 0 Å². The first-order chi connectivity index (χ1) is 8.61. The number of carbonyl (C=O) groups excluding carboxylic acids is 1. The van der Waals surface area contributed by atoms with Crippen LogP contribution in [0.3, 0.4) is 0 Å². The van der Waals surface area contributed by atoms with Crippen molar-refractivity contribution in [3.05, 3.63) is 53.5 Å². The molecule has 0 saturated heterocycles. The van der Waals surface area contributed by atoms with E-state index in [0.29, 0.717) is 12.3 Å². The van der Waals surface area contributed by atoms with E-state index in [-0.39, 0.29) is 5.91 Å². The molecule has 94 valence electrons. The number of rotatable bonds is 3. The average molecular weight is 244 g/mol. The van der Waals surface area contributed by atoms with Gasteiger partial charge in [0.15, 0.2) is 5.76 Å². The zero-order valence-corrected chi connectivity index (χ0v) is 10.5. The lowest BCUT2D eigenvalue weighted by Crippen LogP contribution is -2.25. The van der Waals surface area contributed by atoms with Gasteiger partial charge in [-0.05, 0) is 36.8 Å². The summed E-state index contributed by atoms with van der Waals surface area (Å²) in [5.74, 6) is 0.909. The second kappa shape index (κ2) is 5.06. The van der Waals surface area contributed by atoms with Crippen LogP contribution >= 0.6 is 0 Å². The van der Waals surface area contributed by atoms with Gasteiger partial charge >= 0.3 is 0 Å². The standard InChI is InChI=1S/C14H16N2O2/c1-10-3-8-13(18-10)14(17)16(2)12-6-4-11(9-15)5-7-12/h3-8H,9,15H2,1-2H3. The van der Waals surface area contributed by atoms with Crippen LogP contribution in [0, 0.1) is 6.92 Å². The third-order valence-electron chi connectivity index (χ3n) is 2.82. The van der Waals surface area contributed by atoms with Crippen LogP contribution in [-0.4, -0.2) is 13.0 Å². The third-order valence-corrected chi connectivity index (χ3v) is 2.82. The molecule has 0 aliphatic heterocycles. The van der Waals surface area contributed by atoms with E-state index in [1.165, 1.54) is 0 Å². The van der Waals surface area contributed by atoms with Gasteiger partial charge in [0, 0.05) is 19.3 Å². The van der Waals surface area contributed by atoms with Crippen LogP contribution in [0.25, 0.3) is 0 Å². The average Bonchev–Trinajstić information content (AvgIpc) is 2.84. The van der Waals surface area contributed by atoms with E-state index in [4.69, 9.17) is 10.2 Å². The third kappa shape index (κ3) is 2.43. The molecule has 1 heterocycles. The molecule has 0 spiro atoms. The van der Waals surface area contributed by atoms with Gasteiger partial charge in [-0.2, -0.15) is 0 Å². The van der Waals surface area contributed by atoms with Crippen molar-refractivity contribution in [2.75, 3.05) is 11.9 Å². The fourth-order valence-corrected chi connectivity index (χ4v) is 1.69. The Kier molecular flexibility index (Phi) is 3.48. The summed E-state index contributed by atoms with van der Waals surface area (Å²) in [5.41, 5.74) is 7.38. The topological polar surface area (TPSA) is 59.5 Å². The molecule has 4 heteroatoms. The smallest absolute Gasteiger partial charge is 0.293 e. The Morgan fingerprint density at radius 1 is 1.22 bits per heavy atom. The van der Waals surface area contributed by atoms with Crippen LogP contribution in [0.1, 0.15) is 21.9 Å². The lowest BCUT2D eigenvalue weighted by molar-refractivity contribution is 0.0965. The molecule has 0 unspecified atom stereocenters. The van der Waals surface area contributed by atoms with Crippen LogP contribution in [0.5, 0.6) is 0 Å². The Balaban J connectivity index is 2.19. The summed E-state index contributed by atoms with van der Waals surface area (Å²) < 4.78 is 5.32. The molecule has 4 nitrogen and oxygen atoms in total. The Hall–Kier alpha value is -2.07. The Morgan fingerprint density at radius 3 is 2.39 bits per heavy atom. The molecule has 1 aromatic heterocycles. The van der Waals surface area contributed by atoms with Crippen molar-refractivity contribution in [2.24, 2.45) is 5.73 Å². The Labute approximate surface area is 106 Å². The second-order valence-corrected chi connectivity index (χ2v) is 4.15. The molecule has 18 heavy (non-hydrogen) atoms. The highest BCUT2D eigenvalue weighted by molar-refractivity contribution is 6.03. The molecule has 2 rings (SSSR count). The second-order valence-electron chi connectivity index (χ2n) is 4.15. The van der Waals surface area contributed by atoms with Crippen LogP contribution in [0.2, 0.25) is 0 Å². The van der Waals surface area contributed by atoms with Gasteiger partial charge in [0.05, 0.1) is 0 Å². The van der Waals surface area contributed by atoms with Gasteiger partial charge < -0.3 is 15.1 Å². The van der Waals surface area contributed by atoms with Gasteiger partial charge in [-0.25, -0.2) is 0 Å². The highest BCUT2D eigenvalue weighted by Gasteiger charge is 2.16. The van der Waals surface area contributed by atoms with E-state index in [1.807, 2.05) is 31.2 Å². The fourth-order valence-electron chi connectivity index (χ4n) is 1.69. The monoisotopic (exact) mass is 244 g/mol. The maximum absolute atomic E-state index is 12.1. The van der Waals surface area contributed by atoms with E-state index < -0.39 is 0 Å². The molecule has 2 N–H and O–H groups in total. The molecule has 0 saturated carbocycles. The minimum Gasteiger partial charge on any atom is -0.456 e. The molecule has 0 aliphatic rings. The van der Waals surface area contributed by atoms with Gasteiger partial charge in [-0.15, -0.1) is 0 Å². The van der Waals surface area contributed by atoms with Crippen molar-refractivity contribution in [3.8, 4) is 0 Å². The fraction of sp³-hybridized carbons (Fsp3) is 0.214. The summed E-state index contributed by atoms with van der Waals surface area (Å²) in [6, 6.07) is 11.0. The van der Waals surface area contributed by atoms with Gasteiger partial charge in [0.2, 0.25) is 0 Å². The number of nitrogens with two attached hydrogens (primary N) is 1. The van der Waals surface area contributed by atoms with Crippen LogP contribution in [0.15, 0.2) is 40.8 Å². The molecule has 1 aromatic carbocycles.